The molecule has 0 radical (unpaired) electrons. The summed E-state index contributed by atoms with van der Waals surface area (Å²) in [6.07, 6.45) is 10.1. The first-order valence-corrected chi connectivity index (χ1v) is 8.21. The topological polar surface area (TPSA) is 37.3 Å². The summed E-state index contributed by atoms with van der Waals surface area (Å²) in [5.74, 6) is 0.166. The van der Waals surface area contributed by atoms with E-state index in [1.54, 1.807) is 0 Å². The van der Waals surface area contributed by atoms with Crippen molar-refractivity contribution in [2.75, 3.05) is 0 Å². The molecule has 0 saturated heterocycles. The van der Waals surface area contributed by atoms with Crippen molar-refractivity contribution >= 4 is 5.97 Å². The minimum atomic E-state index is -0.820. The molecule has 1 atom stereocenters. The summed E-state index contributed by atoms with van der Waals surface area (Å²) < 4.78 is 0. The molecule has 112 valence electrons. The molecule has 1 aromatic carbocycles. The van der Waals surface area contributed by atoms with Crippen molar-refractivity contribution in [3.63, 3.8) is 0 Å². The lowest BCUT2D eigenvalue weighted by Gasteiger charge is -2.28. The number of hydrogen-bond acceptors (Lipinski definition) is 1. The Morgan fingerprint density at radius 3 is 2.67 bits per heavy atom. The molecule has 2 heteroatoms. The number of hydrogen-bond donors (Lipinski definition) is 1. The molecule has 2 nitrogen and oxygen atoms in total. The molecule has 0 aromatic heterocycles. The summed E-state index contributed by atoms with van der Waals surface area (Å²) in [5.41, 5.74) is 5.33. The summed E-state index contributed by atoms with van der Waals surface area (Å²) in [4.78, 5) is 10.9. The van der Waals surface area contributed by atoms with E-state index in [1.807, 2.05) is 0 Å². The van der Waals surface area contributed by atoms with Crippen LogP contribution in [0, 0.1) is 0 Å². The van der Waals surface area contributed by atoms with E-state index in [0.29, 0.717) is 0 Å². The lowest BCUT2D eigenvalue weighted by molar-refractivity contribution is -0.131. The molecule has 2 aliphatic rings. The number of aryl methyl sites for hydroxylation is 1. The summed E-state index contributed by atoms with van der Waals surface area (Å²) in [6, 6.07) is 6.94. The third-order valence-electron chi connectivity index (χ3n) is 5.26. The van der Waals surface area contributed by atoms with Crippen LogP contribution in [0.2, 0.25) is 0 Å². The third-order valence-corrected chi connectivity index (χ3v) is 5.26. The Hall–Kier alpha value is -1.57. The molecule has 3 rings (SSSR count). The molecule has 2 aliphatic carbocycles. The van der Waals surface area contributed by atoms with Gasteiger partial charge in [0.2, 0.25) is 0 Å². The lowest BCUT2D eigenvalue weighted by Crippen LogP contribution is -2.13. The fourth-order valence-electron chi connectivity index (χ4n) is 4.01. The molecular weight excluding hydrogens is 260 g/mol. The second kappa shape index (κ2) is 6.05. The second-order valence-electron chi connectivity index (χ2n) is 6.57. The van der Waals surface area contributed by atoms with E-state index in [0.717, 1.165) is 24.3 Å². The van der Waals surface area contributed by atoms with Gasteiger partial charge >= 0.3 is 5.97 Å². The van der Waals surface area contributed by atoms with Gasteiger partial charge in [0.15, 0.2) is 0 Å². The number of aliphatic carboxylic acids is 1. The van der Waals surface area contributed by atoms with Gasteiger partial charge in [-0.05, 0) is 48.3 Å². The normalized spacial score (nSPS) is 24.8. The number of benzene rings is 1. The number of carboxylic acids is 1. The lowest BCUT2D eigenvalue weighted by atomic mass is 9.77. The van der Waals surface area contributed by atoms with Gasteiger partial charge in [-0.15, -0.1) is 0 Å². The smallest absolute Gasteiger partial charge is 0.328 e. The first kappa shape index (κ1) is 14.4. The minimum absolute atomic E-state index is 0.241. The van der Waals surface area contributed by atoms with Crippen LogP contribution in [0.1, 0.15) is 74.0 Å². The molecule has 0 aliphatic heterocycles. The van der Waals surface area contributed by atoms with Crippen LogP contribution in [0.15, 0.2) is 29.8 Å². The van der Waals surface area contributed by atoms with Gasteiger partial charge in [0.05, 0.1) is 0 Å². The van der Waals surface area contributed by atoms with Crippen molar-refractivity contribution in [2.24, 2.45) is 0 Å². The summed E-state index contributed by atoms with van der Waals surface area (Å²) in [6.45, 7) is 2.13. The molecule has 1 saturated carbocycles. The second-order valence-corrected chi connectivity index (χ2v) is 6.57. The Bertz CT molecular complexity index is 565. The maximum absolute atomic E-state index is 10.9. The highest BCUT2D eigenvalue weighted by molar-refractivity contribution is 5.81. The monoisotopic (exact) mass is 284 g/mol. The summed E-state index contributed by atoms with van der Waals surface area (Å²) >= 11 is 0. The molecule has 1 aromatic rings. The predicted molar refractivity (Wildman–Crippen MR) is 84.7 cm³/mol. The molecular formula is C19H24O2. The predicted octanol–water partition coefficient (Wildman–Crippen LogP) is 4.80. The van der Waals surface area contributed by atoms with Gasteiger partial charge in [-0.2, -0.15) is 0 Å². The largest absolute Gasteiger partial charge is 0.478 e. The zero-order valence-corrected chi connectivity index (χ0v) is 12.8. The van der Waals surface area contributed by atoms with E-state index in [4.69, 9.17) is 5.11 Å². The molecule has 0 amide bonds. The van der Waals surface area contributed by atoms with Crippen molar-refractivity contribution in [3.8, 4) is 0 Å². The number of carboxylic acid groups (broad SMARTS) is 1. The molecule has 0 bridgehead atoms. The van der Waals surface area contributed by atoms with E-state index in [1.165, 1.54) is 54.9 Å². The Labute approximate surface area is 126 Å². The van der Waals surface area contributed by atoms with Crippen molar-refractivity contribution in [2.45, 2.75) is 63.7 Å². The molecule has 0 heterocycles. The van der Waals surface area contributed by atoms with E-state index in [9.17, 15) is 4.79 Å². The van der Waals surface area contributed by atoms with Crippen molar-refractivity contribution in [3.05, 3.63) is 46.5 Å². The van der Waals surface area contributed by atoms with Crippen LogP contribution in [-0.4, -0.2) is 11.1 Å². The van der Waals surface area contributed by atoms with E-state index in [-0.39, 0.29) is 5.92 Å². The average molecular weight is 284 g/mol. The molecule has 1 unspecified atom stereocenters. The zero-order valence-electron chi connectivity index (χ0n) is 12.8. The van der Waals surface area contributed by atoms with Gasteiger partial charge in [0.1, 0.15) is 0 Å². The van der Waals surface area contributed by atoms with Crippen LogP contribution >= 0.6 is 0 Å². The van der Waals surface area contributed by atoms with Crippen molar-refractivity contribution in [1.82, 2.24) is 0 Å². The number of rotatable bonds is 2. The molecule has 0 spiro atoms. The maximum atomic E-state index is 10.9. The van der Waals surface area contributed by atoms with Gasteiger partial charge in [-0.3, -0.25) is 0 Å². The Balaban J connectivity index is 1.86. The number of allylic oxidation sites excluding steroid dienone is 1. The van der Waals surface area contributed by atoms with Crippen LogP contribution in [-0.2, 0) is 11.2 Å². The minimum Gasteiger partial charge on any atom is -0.478 e. The highest BCUT2D eigenvalue weighted by Gasteiger charge is 2.23. The number of fused-ring (bicyclic) bond motifs is 1. The fraction of sp³-hybridized carbons (Fsp3) is 0.526. The van der Waals surface area contributed by atoms with E-state index < -0.39 is 5.97 Å². The first-order chi connectivity index (χ1) is 10.1. The number of carbonyl (C=O) groups is 1. The molecule has 1 fully saturated rings. The Morgan fingerprint density at radius 1 is 1.19 bits per heavy atom. The van der Waals surface area contributed by atoms with E-state index >= 15 is 0 Å². The standard InChI is InChI=1S/C19H24O2/c1-13-15(12-19(20)21)7-8-17-11-16(9-10-18(13)17)14-5-3-2-4-6-14/h9-14H,2-8H2,1H3,(H,20,21)/b15-12+. The SMILES string of the molecule is CC1/C(=C/C(=O)O)CCc2cc(C3CCCCC3)ccc21. The van der Waals surface area contributed by atoms with Crippen LogP contribution in [0.25, 0.3) is 0 Å². The summed E-state index contributed by atoms with van der Waals surface area (Å²) in [5, 5.41) is 8.97. The first-order valence-electron chi connectivity index (χ1n) is 8.21. The summed E-state index contributed by atoms with van der Waals surface area (Å²) in [7, 11) is 0. The van der Waals surface area contributed by atoms with Gasteiger partial charge in [0.25, 0.3) is 0 Å². The van der Waals surface area contributed by atoms with Crippen LogP contribution in [0.4, 0.5) is 0 Å². The zero-order chi connectivity index (χ0) is 14.8. The van der Waals surface area contributed by atoms with E-state index in [2.05, 4.69) is 25.1 Å². The van der Waals surface area contributed by atoms with Gasteiger partial charge in [0, 0.05) is 12.0 Å². The quantitative estimate of drug-likeness (QED) is 0.792. The van der Waals surface area contributed by atoms with Gasteiger partial charge in [-0.25, -0.2) is 4.79 Å². The highest BCUT2D eigenvalue weighted by atomic mass is 16.4. The fourth-order valence-corrected chi connectivity index (χ4v) is 4.01. The third kappa shape index (κ3) is 3.04. The van der Waals surface area contributed by atoms with Crippen LogP contribution < -0.4 is 0 Å². The van der Waals surface area contributed by atoms with Gasteiger partial charge < -0.3 is 5.11 Å². The van der Waals surface area contributed by atoms with Crippen LogP contribution in [0.3, 0.4) is 0 Å². The van der Waals surface area contributed by atoms with Crippen LogP contribution in [0.5, 0.6) is 0 Å². The highest BCUT2D eigenvalue weighted by Crippen LogP contribution is 2.39. The van der Waals surface area contributed by atoms with Crippen molar-refractivity contribution in [1.29, 1.82) is 0 Å². The maximum Gasteiger partial charge on any atom is 0.328 e. The van der Waals surface area contributed by atoms with Gasteiger partial charge in [-0.1, -0.05) is 50.0 Å². The van der Waals surface area contributed by atoms with Crippen molar-refractivity contribution < 1.29 is 9.90 Å². The molecule has 1 N–H and O–H groups in total. The Morgan fingerprint density at radius 2 is 1.95 bits per heavy atom. The average Bonchev–Trinajstić information content (AvgIpc) is 2.50. The Kier molecular flexibility index (Phi) is 4.14. The molecule has 21 heavy (non-hydrogen) atoms.